The maximum atomic E-state index is 13.8. The number of nitrogens with zero attached hydrogens (tertiary/aromatic N) is 5. The van der Waals surface area contributed by atoms with E-state index in [0.29, 0.717) is 55.7 Å². The van der Waals surface area contributed by atoms with Gasteiger partial charge in [-0.2, -0.15) is 18.2 Å². The normalized spacial score (nSPS) is 19.2. The number of amides is 1. The van der Waals surface area contributed by atoms with E-state index in [0.717, 1.165) is 18.4 Å². The first-order chi connectivity index (χ1) is 17.4. The van der Waals surface area contributed by atoms with Gasteiger partial charge in [-0.25, -0.2) is 9.37 Å². The first-order valence-electron chi connectivity index (χ1n) is 12.2. The molecule has 200 valence electrons. The summed E-state index contributed by atoms with van der Waals surface area (Å²) in [6.07, 6.45) is -3.99. The molecular weight excluding hydrogens is 492 g/mol. The maximum Gasteiger partial charge on any atom is 0.419 e. The number of rotatable bonds is 6. The number of fused-ring (bicyclic) bond motifs is 1. The van der Waals surface area contributed by atoms with Crippen molar-refractivity contribution in [3.05, 3.63) is 46.4 Å². The number of nitrogens with one attached hydrogen (secondary N) is 1. The molecule has 1 aromatic heterocycles. The van der Waals surface area contributed by atoms with Crippen molar-refractivity contribution in [2.24, 2.45) is 0 Å². The predicted octanol–water partition coefficient (Wildman–Crippen LogP) is 3.94. The molecule has 3 heterocycles. The van der Waals surface area contributed by atoms with Crippen LogP contribution in [0.3, 0.4) is 0 Å². The average molecular weight is 523 g/mol. The zero-order chi connectivity index (χ0) is 27.1. The number of benzene rings is 1. The van der Waals surface area contributed by atoms with Gasteiger partial charge >= 0.3 is 6.18 Å². The summed E-state index contributed by atoms with van der Waals surface area (Å²) in [6, 6.07) is 1.71. The first-order valence-corrected chi connectivity index (χ1v) is 12.2. The molecule has 1 saturated heterocycles. The Labute approximate surface area is 212 Å². The van der Waals surface area contributed by atoms with Crippen LogP contribution in [0.5, 0.6) is 0 Å². The van der Waals surface area contributed by atoms with Crippen LogP contribution in [0, 0.1) is 5.82 Å². The van der Waals surface area contributed by atoms with E-state index in [1.165, 1.54) is 13.0 Å². The van der Waals surface area contributed by atoms with E-state index in [4.69, 9.17) is 9.97 Å². The molecule has 0 spiro atoms. The van der Waals surface area contributed by atoms with E-state index < -0.39 is 29.6 Å². The minimum absolute atomic E-state index is 0.0168. The molecule has 1 aromatic carbocycles. The maximum absolute atomic E-state index is 13.8. The molecule has 4 rings (SSSR count). The van der Waals surface area contributed by atoms with Crippen molar-refractivity contribution in [3.63, 3.8) is 0 Å². The smallest absolute Gasteiger partial charge is 0.363 e. The van der Waals surface area contributed by atoms with Crippen molar-refractivity contribution in [3.8, 4) is 0 Å². The number of piperazine rings is 1. The van der Waals surface area contributed by atoms with Crippen molar-refractivity contribution in [1.82, 2.24) is 19.8 Å². The van der Waals surface area contributed by atoms with Gasteiger partial charge in [-0.1, -0.05) is 6.07 Å². The molecule has 0 aliphatic carbocycles. The van der Waals surface area contributed by atoms with E-state index in [1.54, 1.807) is 11.8 Å². The van der Waals surface area contributed by atoms with Crippen LogP contribution in [0.1, 0.15) is 62.2 Å². The summed E-state index contributed by atoms with van der Waals surface area (Å²) < 4.78 is 53.7. The van der Waals surface area contributed by atoms with Crippen molar-refractivity contribution in [1.29, 1.82) is 0 Å². The summed E-state index contributed by atoms with van der Waals surface area (Å²) in [6.45, 7) is 9.50. The van der Waals surface area contributed by atoms with Gasteiger partial charge in [0.25, 0.3) is 0 Å². The van der Waals surface area contributed by atoms with Gasteiger partial charge in [0.15, 0.2) is 0 Å². The fourth-order valence-corrected chi connectivity index (χ4v) is 4.77. The van der Waals surface area contributed by atoms with Crippen molar-refractivity contribution < 1.29 is 27.2 Å². The van der Waals surface area contributed by atoms with E-state index >= 15 is 0 Å². The molecule has 1 fully saturated rings. The number of hydrogen-bond donors (Lipinski definition) is 1. The molecule has 2 aliphatic rings. The highest BCUT2D eigenvalue weighted by atomic mass is 19.4. The molecule has 12 heteroatoms. The highest BCUT2D eigenvalue weighted by Gasteiger charge is 2.38. The Morgan fingerprint density at radius 1 is 1.14 bits per heavy atom. The van der Waals surface area contributed by atoms with Gasteiger partial charge in [0.2, 0.25) is 11.9 Å². The summed E-state index contributed by atoms with van der Waals surface area (Å²) >= 11 is 0. The van der Waals surface area contributed by atoms with Crippen LogP contribution in [0.2, 0.25) is 0 Å². The van der Waals surface area contributed by atoms with Crippen molar-refractivity contribution in [2.75, 3.05) is 36.4 Å². The lowest BCUT2D eigenvalue weighted by molar-refractivity contribution is -0.140. The van der Waals surface area contributed by atoms with Crippen LogP contribution in [-0.4, -0.2) is 64.2 Å². The fraction of sp³-hybridized carbons (Fsp3) is 0.520. The third-order valence-electron chi connectivity index (χ3n) is 6.95. The number of aromatic nitrogens is 2. The molecule has 1 N–H and O–H groups in total. The molecule has 8 nitrogen and oxygen atoms in total. The summed E-state index contributed by atoms with van der Waals surface area (Å²) in [7, 11) is 0. The topological polar surface area (TPSA) is 81.7 Å². The quantitative estimate of drug-likeness (QED) is 0.455. The Morgan fingerprint density at radius 3 is 2.38 bits per heavy atom. The second kappa shape index (κ2) is 10.2. The lowest BCUT2D eigenvalue weighted by atomic mass is 10.0. The zero-order valence-corrected chi connectivity index (χ0v) is 21.1. The van der Waals surface area contributed by atoms with Crippen LogP contribution in [0.15, 0.2) is 18.2 Å². The van der Waals surface area contributed by atoms with Gasteiger partial charge in [-0.05, 0) is 38.5 Å². The lowest BCUT2D eigenvalue weighted by Crippen LogP contribution is -2.48. The monoisotopic (exact) mass is 522 g/mol. The molecule has 0 radical (unpaired) electrons. The Morgan fingerprint density at radius 2 is 1.81 bits per heavy atom. The van der Waals surface area contributed by atoms with E-state index in [9.17, 15) is 27.2 Å². The van der Waals surface area contributed by atoms with Gasteiger partial charge < -0.3 is 19.9 Å². The van der Waals surface area contributed by atoms with Gasteiger partial charge in [0.05, 0.1) is 11.3 Å². The molecule has 2 atom stereocenters. The fourth-order valence-electron chi connectivity index (χ4n) is 4.77. The van der Waals surface area contributed by atoms with Gasteiger partial charge in [-0.15, -0.1) is 0 Å². The average Bonchev–Trinajstić information content (AvgIpc) is 3.23. The highest BCUT2D eigenvalue weighted by molar-refractivity contribution is 5.73. The van der Waals surface area contributed by atoms with Crippen LogP contribution in [-0.2, 0) is 22.3 Å². The summed E-state index contributed by atoms with van der Waals surface area (Å²) in [4.78, 5) is 38.9. The number of carbonyl (C=O) groups excluding carboxylic acids is 2. The van der Waals surface area contributed by atoms with Gasteiger partial charge in [0.1, 0.15) is 24.0 Å². The number of anilines is 2. The van der Waals surface area contributed by atoms with Crippen LogP contribution < -0.4 is 10.2 Å². The van der Waals surface area contributed by atoms with Gasteiger partial charge in [0, 0.05) is 57.3 Å². The number of carbonyl (C=O) groups is 2. The van der Waals surface area contributed by atoms with E-state index in [1.807, 2.05) is 23.6 Å². The highest BCUT2D eigenvalue weighted by Crippen LogP contribution is 2.39. The first kappa shape index (κ1) is 26.8. The third-order valence-corrected chi connectivity index (χ3v) is 6.95. The molecule has 2 aliphatic heterocycles. The third kappa shape index (κ3) is 5.39. The molecule has 2 aromatic rings. The number of halogens is 4. The standard InChI is InChI=1S/C25H30F4N6O2/c1-14(2)35-12-18-22(21(35)13-36)31-24(34-9-7-33(8-10-34)16(4)37)32-23(18)30-15(3)17-5-6-20(26)19(11-17)25(27,28)29/h5-6,11,13-15,21H,7-10,12H2,1-4H3,(H,30,31,32)/t15?,21-/m0/s1. The Bertz CT molecular complexity index is 1180. The van der Waals surface area contributed by atoms with Crippen molar-refractivity contribution in [2.45, 2.75) is 58.5 Å². The largest absolute Gasteiger partial charge is 0.419 e. The number of hydrogen-bond acceptors (Lipinski definition) is 7. The lowest BCUT2D eigenvalue weighted by Gasteiger charge is -2.34. The second-order valence-corrected chi connectivity index (χ2v) is 9.68. The minimum atomic E-state index is -4.82. The Kier molecular flexibility index (Phi) is 7.40. The number of aldehydes is 1. The molecule has 0 bridgehead atoms. The van der Waals surface area contributed by atoms with Crippen LogP contribution >= 0.6 is 0 Å². The second-order valence-electron chi connectivity index (χ2n) is 9.68. The van der Waals surface area contributed by atoms with Crippen LogP contribution in [0.4, 0.5) is 29.3 Å². The molecular formula is C25H30F4N6O2. The van der Waals surface area contributed by atoms with E-state index in [2.05, 4.69) is 5.32 Å². The van der Waals surface area contributed by atoms with Crippen molar-refractivity contribution >= 4 is 24.0 Å². The van der Waals surface area contributed by atoms with E-state index in [-0.39, 0.29) is 17.5 Å². The zero-order valence-electron chi connectivity index (χ0n) is 21.1. The Hall–Kier alpha value is -3.28. The minimum Gasteiger partial charge on any atom is -0.363 e. The summed E-state index contributed by atoms with van der Waals surface area (Å²) in [5, 5.41) is 3.19. The number of alkyl halides is 3. The summed E-state index contributed by atoms with van der Waals surface area (Å²) in [5.41, 5.74) is 0.153. The Balaban J connectivity index is 1.70. The summed E-state index contributed by atoms with van der Waals surface area (Å²) in [5.74, 6) is -0.560. The molecule has 1 unspecified atom stereocenters. The molecule has 37 heavy (non-hydrogen) atoms. The molecule has 1 amide bonds. The van der Waals surface area contributed by atoms with Crippen LogP contribution in [0.25, 0.3) is 0 Å². The molecule has 0 saturated carbocycles. The predicted molar refractivity (Wildman–Crippen MR) is 129 cm³/mol. The SMILES string of the molecule is CC(=O)N1CCN(c2nc(NC(C)c3ccc(F)c(C(F)(F)F)c3)c3c(n2)[C@H](C=O)N(C(C)C)C3)CC1. The van der Waals surface area contributed by atoms with Gasteiger partial charge in [-0.3, -0.25) is 9.69 Å².